The Morgan fingerprint density at radius 2 is 2.24 bits per heavy atom. The lowest BCUT2D eigenvalue weighted by Gasteiger charge is -2.07. The maximum Gasteiger partial charge on any atom is 0.226 e. The summed E-state index contributed by atoms with van der Waals surface area (Å²) in [6, 6.07) is 7.97. The predicted molar refractivity (Wildman–Crippen MR) is 81.9 cm³/mol. The fourth-order valence-electron chi connectivity index (χ4n) is 2.09. The van der Waals surface area contributed by atoms with Crippen molar-refractivity contribution in [3.8, 4) is 5.75 Å². The number of hydrogen-bond donors (Lipinski definition) is 2. The number of rotatable bonds is 5. The SMILES string of the molecule is COc1cccc(CCNc2nc(Cl)nc3nc[nH]c23)c1. The van der Waals surface area contributed by atoms with E-state index in [1.807, 2.05) is 18.2 Å². The molecule has 0 unspecified atom stereocenters. The molecular formula is C14H14ClN5O. The van der Waals surface area contributed by atoms with Crippen molar-refractivity contribution in [3.05, 3.63) is 41.4 Å². The summed E-state index contributed by atoms with van der Waals surface area (Å²) in [5.74, 6) is 1.51. The molecule has 0 spiro atoms. The number of H-pyrrole nitrogens is 1. The quantitative estimate of drug-likeness (QED) is 0.709. The van der Waals surface area contributed by atoms with Gasteiger partial charge in [0, 0.05) is 6.54 Å². The first-order valence-electron chi connectivity index (χ1n) is 6.49. The average Bonchev–Trinajstić information content (AvgIpc) is 2.95. The number of hydrogen-bond acceptors (Lipinski definition) is 5. The highest BCUT2D eigenvalue weighted by molar-refractivity contribution is 6.28. The summed E-state index contributed by atoms with van der Waals surface area (Å²) in [4.78, 5) is 15.3. The number of ether oxygens (including phenoxy) is 1. The second-order valence-electron chi connectivity index (χ2n) is 4.47. The Hall–Kier alpha value is -2.34. The molecular weight excluding hydrogens is 290 g/mol. The second kappa shape index (κ2) is 5.97. The van der Waals surface area contributed by atoms with E-state index in [1.54, 1.807) is 13.4 Å². The van der Waals surface area contributed by atoms with Gasteiger partial charge in [-0.2, -0.15) is 9.97 Å². The Balaban J connectivity index is 1.70. The summed E-state index contributed by atoms with van der Waals surface area (Å²) < 4.78 is 5.21. The highest BCUT2D eigenvalue weighted by atomic mass is 35.5. The summed E-state index contributed by atoms with van der Waals surface area (Å²) in [7, 11) is 1.66. The van der Waals surface area contributed by atoms with Crippen LogP contribution in [0.3, 0.4) is 0 Å². The van der Waals surface area contributed by atoms with Gasteiger partial charge in [-0.1, -0.05) is 12.1 Å². The Labute approximate surface area is 126 Å². The number of anilines is 1. The lowest BCUT2D eigenvalue weighted by atomic mass is 10.1. The minimum Gasteiger partial charge on any atom is -0.497 e. The van der Waals surface area contributed by atoms with Gasteiger partial charge in [-0.05, 0) is 35.7 Å². The molecule has 21 heavy (non-hydrogen) atoms. The van der Waals surface area contributed by atoms with Crippen molar-refractivity contribution in [1.82, 2.24) is 19.9 Å². The number of methoxy groups -OCH3 is 1. The van der Waals surface area contributed by atoms with E-state index in [2.05, 4.69) is 31.3 Å². The van der Waals surface area contributed by atoms with Gasteiger partial charge in [0.15, 0.2) is 11.5 Å². The van der Waals surface area contributed by atoms with E-state index in [0.717, 1.165) is 17.7 Å². The van der Waals surface area contributed by atoms with Gasteiger partial charge in [0.25, 0.3) is 0 Å². The summed E-state index contributed by atoms with van der Waals surface area (Å²) >= 11 is 5.88. The van der Waals surface area contributed by atoms with Crippen molar-refractivity contribution >= 4 is 28.6 Å². The molecule has 2 heterocycles. The fraction of sp³-hybridized carbons (Fsp3) is 0.214. The van der Waals surface area contributed by atoms with Crippen molar-refractivity contribution in [1.29, 1.82) is 0 Å². The highest BCUT2D eigenvalue weighted by Crippen LogP contribution is 2.19. The van der Waals surface area contributed by atoms with Crippen LogP contribution in [0.4, 0.5) is 5.82 Å². The summed E-state index contributed by atoms with van der Waals surface area (Å²) in [5, 5.41) is 3.43. The number of imidazole rings is 1. The Morgan fingerprint density at radius 1 is 1.33 bits per heavy atom. The van der Waals surface area contributed by atoms with E-state index in [9.17, 15) is 0 Å². The van der Waals surface area contributed by atoms with Crippen molar-refractivity contribution in [2.24, 2.45) is 0 Å². The zero-order valence-corrected chi connectivity index (χ0v) is 12.2. The van der Waals surface area contributed by atoms with Gasteiger partial charge < -0.3 is 15.0 Å². The van der Waals surface area contributed by atoms with Crippen molar-refractivity contribution in [2.45, 2.75) is 6.42 Å². The van der Waals surface area contributed by atoms with Crippen LogP contribution in [0.15, 0.2) is 30.6 Å². The fourth-order valence-corrected chi connectivity index (χ4v) is 2.25. The van der Waals surface area contributed by atoms with Gasteiger partial charge >= 0.3 is 0 Å². The minimum atomic E-state index is 0.179. The monoisotopic (exact) mass is 303 g/mol. The molecule has 6 nitrogen and oxygen atoms in total. The first-order chi connectivity index (χ1) is 10.3. The van der Waals surface area contributed by atoms with Crippen LogP contribution in [0.5, 0.6) is 5.75 Å². The van der Waals surface area contributed by atoms with Gasteiger partial charge in [-0.25, -0.2) is 4.98 Å². The van der Waals surface area contributed by atoms with Crippen LogP contribution in [0.2, 0.25) is 5.28 Å². The molecule has 0 amide bonds. The molecule has 2 N–H and O–H groups in total. The van der Waals surface area contributed by atoms with Crippen LogP contribution in [0.1, 0.15) is 5.56 Å². The molecule has 0 aliphatic carbocycles. The zero-order valence-electron chi connectivity index (χ0n) is 11.4. The molecule has 1 aromatic carbocycles. The molecule has 0 fully saturated rings. The molecule has 0 saturated carbocycles. The third kappa shape index (κ3) is 3.05. The molecule has 2 aromatic heterocycles. The van der Waals surface area contributed by atoms with E-state index >= 15 is 0 Å². The Kier molecular flexibility index (Phi) is 3.87. The number of halogens is 1. The first kappa shape index (κ1) is 13.6. The molecule has 3 aromatic rings. The van der Waals surface area contributed by atoms with Gasteiger partial charge in [-0.15, -0.1) is 0 Å². The molecule has 0 aliphatic rings. The van der Waals surface area contributed by atoms with Crippen LogP contribution in [0.25, 0.3) is 11.2 Å². The van der Waals surface area contributed by atoms with E-state index < -0.39 is 0 Å². The maximum absolute atomic E-state index is 5.88. The van der Waals surface area contributed by atoms with E-state index in [0.29, 0.717) is 18.0 Å². The molecule has 0 saturated heterocycles. The standard InChI is InChI=1S/C14H14ClN5O/c1-21-10-4-2-3-9(7-10)5-6-16-12-11-13(18-8-17-11)20-14(15)19-12/h2-4,7-8H,5-6H2,1H3,(H2,16,17,18,19,20). The predicted octanol–water partition coefficient (Wildman–Crippen LogP) is 2.67. The lowest BCUT2D eigenvalue weighted by molar-refractivity contribution is 0.414. The number of nitrogens with zero attached hydrogens (tertiary/aromatic N) is 3. The van der Waals surface area contributed by atoms with Crippen molar-refractivity contribution in [2.75, 3.05) is 19.0 Å². The summed E-state index contributed by atoms with van der Waals surface area (Å²) in [5.41, 5.74) is 2.49. The first-order valence-corrected chi connectivity index (χ1v) is 6.87. The van der Waals surface area contributed by atoms with Crippen LogP contribution in [-0.4, -0.2) is 33.6 Å². The Bertz CT molecular complexity index is 758. The molecule has 0 bridgehead atoms. The van der Waals surface area contributed by atoms with Gasteiger partial charge in [0.2, 0.25) is 5.28 Å². The van der Waals surface area contributed by atoms with Crippen LogP contribution < -0.4 is 10.1 Å². The maximum atomic E-state index is 5.88. The largest absolute Gasteiger partial charge is 0.497 e. The van der Waals surface area contributed by atoms with Crippen molar-refractivity contribution in [3.63, 3.8) is 0 Å². The smallest absolute Gasteiger partial charge is 0.226 e. The average molecular weight is 304 g/mol. The number of aromatic amines is 1. The topological polar surface area (TPSA) is 75.7 Å². The Morgan fingerprint density at radius 3 is 3.10 bits per heavy atom. The molecule has 0 atom stereocenters. The third-order valence-electron chi connectivity index (χ3n) is 3.10. The van der Waals surface area contributed by atoms with Gasteiger partial charge in [0.1, 0.15) is 11.3 Å². The number of fused-ring (bicyclic) bond motifs is 1. The van der Waals surface area contributed by atoms with Crippen LogP contribution >= 0.6 is 11.6 Å². The molecule has 108 valence electrons. The number of nitrogens with one attached hydrogen (secondary N) is 2. The molecule has 0 aliphatic heterocycles. The van der Waals surface area contributed by atoms with Crippen molar-refractivity contribution < 1.29 is 4.74 Å². The molecule has 0 radical (unpaired) electrons. The lowest BCUT2D eigenvalue weighted by Crippen LogP contribution is -2.07. The normalized spacial score (nSPS) is 10.8. The van der Waals surface area contributed by atoms with Gasteiger partial charge in [0.05, 0.1) is 13.4 Å². The second-order valence-corrected chi connectivity index (χ2v) is 4.81. The molecule has 7 heteroatoms. The summed E-state index contributed by atoms with van der Waals surface area (Å²) in [6.07, 6.45) is 2.41. The van der Waals surface area contributed by atoms with Gasteiger partial charge in [-0.3, -0.25) is 0 Å². The highest BCUT2D eigenvalue weighted by Gasteiger charge is 2.08. The third-order valence-corrected chi connectivity index (χ3v) is 3.27. The number of benzene rings is 1. The minimum absolute atomic E-state index is 0.179. The van der Waals surface area contributed by atoms with Crippen LogP contribution in [-0.2, 0) is 6.42 Å². The van der Waals surface area contributed by atoms with E-state index in [4.69, 9.17) is 16.3 Å². The summed E-state index contributed by atoms with van der Waals surface area (Å²) in [6.45, 7) is 0.717. The zero-order chi connectivity index (χ0) is 14.7. The van der Waals surface area contributed by atoms with E-state index in [-0.39, 0.29) is 5.28 Å². The number of aromatic nitrogens is 4. The van der Waals surface area contributed by atoms with Crippen LogP contribution in [0, 0.1) is 0 Å². The van der Waals surface area contributed by atoms with E-state index in [1.165, 1.54) is 5.56 Å². The molecule has 3 rings (SSSR count).